The summed E-state index contributed by atoms with van der Waals surface area (Å²) in [7, 11) is 4.80. The molecule has 0 atom stereocenters. The van der Waals surface area contributed by atoms with Crippen LogP contribution in [0, 0.1) is 0 Å². The molecule has 0 aliphatic rings. The number of anilines is 4. The molecule has 0 aliphatic carbocycles. The molecule has 0 bridgehead atoms. The van der Waals surface area contributed by atoms with Crippen LogP contribution in [0.25, 0.3) is 0 Å². The van der Waals surface area contributed by atoms with Crippen molar-refractivity contribution in [1.82, 2.24) is 15.0 Å². The van der Waals surface area contributed by atoms with E-state index in [1.807, 2.05) is 0 Å². The number of methoxy groups -OCH3 is 3. The average molecular weight is 756 g/mol. The summed E-state index contributed by atoms with van der Waals surface area (Å²) < 4.78 is 48.7. The van der Waals surface area contributed by atoms with Crippen LogP contribution in [0.15, 0.2) is 54.6 Å². The number of aromatic nitrogens is 3. The lowest BCUT2D eigenvalue weighted by Crippen LogP contribution is -2.11. The van der Waals surface area contributed by atoms with E-state index in [0.29, 0.717) is 88.9 Å². The summed E-state index contributed by atoms with van der Waals surface area (Å²) >= 11 is 0. The predicted octanol–water partition coefficient (Wildman–Crippen LogP) is 4.19. The molecule has 294 valence electrons. The highest BCUT2D eigenvalue weighted by atomic mass is 16.6. The predicted molar refractivity (Wildman–Crippen MR) is 198 cm³/mol. The van der Waals surface area contributed by atoms with Crippen molar-refractivity contribution in [3.05, 3.63) is 66.0 Å². The summed E-state index contributed by atoms with van der Waals surface area (Å²) in [6, 6.07) is 14.2. The fraction of sp³-hybridized carbons (Fsp3) is 0.432. The lowest BCUT2D eigenvalue weighted by Gasteiger charge is -2.14. The summed E-state index contributed by atoms with van der Waals surface area (Å²) in [4.78, 5) is 13.7. The van der Waals surface area contributed by atoms with Crippen molar-refractivity contribution in [2.24, 2.45) is 0 Å². The van der Waals surface area contributed by atoms with E-state index in [9.17, 15) is 15.3 Å². The molecule has 0 saturated carbocycles. The monoisotopic (exact) mass is 755 g/mol. The minimum atomic E-state index is -0.0856. The van der Waals surface area contributed by atoms with Gasteiger partial charge in [-0.2, -0.15) is 15.0 Å². The van der Waals surface area contributed by atoms with Crippen LogP contribution >= 0.6 is 0 Å². The van der Waals surface area contributed by atoms with Gasteiger partial charge in [0, 0.05) is 45.4 Å². The maximum Gasteiger partial charge on any atom is 0.232 e. The molecular formula is C37H49N5O12. The number of nitrogens with one attached hydrogen (secondary N) is 2. The zero-order valence-corrected chi connectivity index (χ0v) is 30.7. The molecule has 0 saturated heterocycles. The Morgan fingerprint density at radius 3 is 1.28 bits per heavy atom. The van der Waals surface area contributed by atoms with Gasteiger partial charge in [-0.25, -0.2) is 0 Å². The highest BCUT2D eigenvalue weighted by molar-refractivity contribution is 5.67. The number of nitrogens with zero attached hydrogens (tertiary/aromatic N) is 3. The van der Waals surface area contributed by atoms with E-state index in [0.717, 1.165) is 0 Å². The fourth-order valence-electron chi connectivity index (χ4n) is 4.61. The first kappa shape index (κ1) is 41.6. The number of hydrogen-bond acceptors (Lipinski definition) is 17. The van der Waals surface area contributed by atoms with E-state index in [2.05, 4.69) is 25.6 Å². The van der Waals surface area contributed by atoms with Gasteiger partial charge in [0.25, 0.3) is 0 Å². The number of hydrogen-bond donors (Lipinski definition) is 5. The molecule has 0 fully saturated rings. The summed E-state index contributed by atoms with van der Waals surface area (Å²) in [5, 5.41) is 38.2. The number of phenolic OH excluding ortho intramolecular Hbond substituents is 3. The molecule has 0 unspecified atom stereocenters. The third kappa shape index (κ3) is 14.7. The summed E-state index contributed by atoms with van der Waals surface area (Å²) in [6.07, 6.45) is 0.0651. The fourth-order valence-corrected chi connectivity index (χ4v) is 4.61. The second kappa shape index (κ2) is 23.5. The normalized spacial score (nSPS) is 11.0. The smallest absolute Gasteiger partial charge is 0.232 e. The lowest BCUT2D eigenvalue weighted by molar-refractivity contribution is 0.0544. The van der Waals surface area contributed by atoms with Crippen molar-refractivity contribution in [2.45, 2.75) is 6.42 Å². The molecule has 3 aromatic carbocycles. The van der Waals surface area contributed by atoms with Crippen molar-refractivity contribution >= 4 is 23.3 Å². The van der Waals surface area contributed by atoms with E-state index in [1.165, 1.54) is 18.2 Å². The molecule has 17 heteroatoms. The number of phenols is 3. The Balaban J connectivity index is 1.55. The van der Waals surface area contributed by atoms with Gasteiger partial charge in [0.1, 0.15) is 60.1 Å². The van der Waals surface area contributed by atoms with Gasteiger partial charge in [0.05, 0.1) is 70.8 Å². The SMILES string of the molecule is COCCOCCOc1ccc(O)c(Cc2nc(Nc3cc(OCCOCCOC)ccc3O)nc(Nc3cc(OCCOCCOC)ccc3O)n2)c1. The second-order valence-electron chi connectivity index (χ2n) is 11.3. The van der Waals surface area contributed by atoms with Crippen LogP contribution in [-0.4, -0.2) is 131 Å². The largest absolute Gasteiger partial charge is 0.508 e. The molecule has 0 amide bonds. The highest BCUT2D eigenvalue weighted by Crippen LogP contribution is 2.33. The number of aromatic hydroxyl groups is 3. The molecule has 0 aliphatic heterocycles. The van der Waals surface area contributed by atoms with Crippen LogP contribution in [0.5, 0.6) is 34.5 Å². The molecule has 17 nitrogen and oxygen atoms in total. The molecule has 54 heavy (non-hydrogen) atoms. The van der Waals surface area contributed by atoms with Gasteiger partial charge < -0.3 is 68.6 Å². The second-order valence-corrected chi connectivity index (χ2v) is 11.3. The van der Waals surface area contributed by atoms with E-state index < -0.39 is 0 Å². The summed E-state index contributed by atoms with van der Waals surface area (Å²) in [5.74, 6) is 1.63. The quantitative estimate of drug-likeness (QED) is 0.0427. The zero-order valence-electron chi connectivity index (χ0n) is 30.7. The molecule has 0 spiro atoms. The number of benzene rings is 3. The first-order chi connectivity index (χ1) is 26.4. The maximum absolute atomic E-state index is 10.7. The van der Waals surface area contributed by atoms with Crippen molar-refractivity contribution in [1.29, 1.82) is 0 Å². The molecule has 4 rings (SSSR count). The van der Waals surface area contributed by atoms with E-state index >= 15 is 0 Å². The summed E-state index contributed by atoms with van der Waals surface area (Å²) in [6.45, 7) is 4.68. The Labute approximate surface area is 314 Å². The van der Waals surface area contributed by atoms with Crippen LogP contribution in [0.3, 0.4) is 0 Å². The van der Waals surface area contributed by atoms with Crippen LogP contribution < -0.4 is 24.8 Å². The van der Waals surface area contributed by atoms with Gasteiger partial charge in [-0.3, -0.25) is 0 Å². The zero-order chi connectivity index (χ0) is 38.4. The lowest BCUT2D eigenvalue weighted by atomic mass is 10.1. The minimum absolute atomic E-state index is 0.00510. The van der Waals surface area contributed by atoms with Gasteiger partial charge in [-0.05, 0) is 42.5 Å². The van der Waals surface area contributed by atoms with Gasteiger partial charge in [-0.15, -0.1) is 0 Å². The van der Waals surface area contributed by atoms with Gasteiger partial charge in [0.2, 0.25) is 11.9 Å². The first-order valence-corrected chi connectivity index (χ1v) is 17.2. The van der Waals surface area contributed by atoms with Crippen molar-refractivity contribution < 1.29 is 58.0 Å². The van der Waals surface area contributed by atoms with Gasteiger partial charge in [0.15, 0.2) is 0 Å². The molecule has 1 aromatic heterocycles. The van der Waals surface area contributed by atoms with Crippen molar-refractivity contribution in [2.75, 3.05) is 111 Å². The Morgan fingerprint density at radius 2 is 0.852 bits per heavy atom. The van der Waals surface area contributed by atoms with E-state index in [-0.39, 0.29) is 66.0 Å². The van der Waals surface area contributed by atoms with Gasteiger partial charge >= 0.3 is 0 Å². The Morgan fingerprint density at radius 1 is 0.463 bits per heavy atom. The molecular weight excluding hydrogens is 706 g/mol. The third-order valence-corrected chi connectivity index (χ3v) is 7.29. The van der Waals surface area contributed by atoms with Crippen LogP contribution in [-0.2, 0) is 34.8 Å². The van der Waals surface area contributed by atoms with E-state index in [4.69, 9.17) is 42.6 Å². The Kier molecular flexibility index (Phi) is 18.1. The number of rotatable bonds is 27. The molecule has 0 radical (unpaired) electrons. The molecule has 1 heterocycles. The minimum Gasteiger partial charge on any atom is -0.508 e. The van der Waals surface area contributed by atoms with E-state index in [1.54, 1.807) is 57.7 Å². The first-order valence-electron chi connectivity index (χ1n) is 17.2. The van der Waals surface area contributed by atoms with Crippen molar-refractivity contribution in [3.63, 3.8) is 0 Å². The van der Waals surface area contributed by atoms with Crippen LogP contribution in [0.2, 0.25) is 0 Å². The van der Waals surface area contributed by atoms with Crippen LogP contribution in [0.4, 0.5) is 23.3 Å². The number of ether oxygens (including phenoxy) is 9. The van der Waals surface area contributed by atoms with Gasteiger partial charge in [-0.1, -0.05) is 0 Å². The maximum atomic E-state index is 10.7. The topological polar surface area (TPSA) is 206 Å². The Bertz CT molecular complexity index is 1490. The standard InChI is InChI=1S/C37H49N5O12/c1-46-10-13-49-16-19-52-27-4-7-32(43)26(22-27)23-35-40-36(38-30-24-28(5-8-33(30)44)53-20-17-50-14-11-47-2)42-37(41-35)39-31-25-29(6-9-34(31)45)54-21-18-51-15-12-48-3/h4-9,22,24-25,43-45H,10-21,23H2,1-3H3,(H2,38,39,40,41,42). The van der Waals surface area contributed by atoms with Crippen molar-refractivity contribution in [3.8, 4) is 34.5 Å². The third-order valence-electron chi connectivity index (χ3n) is 7.29. The summed E-state index contributed by atoms with van der Waals surface area (Å²) in [5.41, 5.74) is 0.994. The Hall–Kier alpha value is -5.17. The molecule has 5 N–H and O–H groups in total. The average Bonchev–Trinajstić information content (AvgIpc) is 3.16. The van der Waals surface area contributed by atoms with Crippen LogP contribution in [0.1, 0.15) is 11.4 Å². The molecule has 4 aromatic rings. The highest BCUT2D eigenvalue weighted by Gasteiger charge is 2.15.